The number of aromatic amines is 1. The van der Waals surface area contributed by atoms with Crippen LogP contribution in [0, 0.1) is 10.6 Å². The molecule has 0 aliphatic rings. The molecule has 3 rings (SSSR count). The zero-order chi connectivity index (χ0) is 14.4. The van der Waals surface area contributed by atoms with E-state index in [1.54, 1.807) is 15.3 Å². The highest BCUT2D eigenvalue weighted by Gasteiger charge is 2.17. The molecule has 0 amide bonds. The third-order valence-electron chi connectivity index (χ3n) is 3.22. The summed E-state index contributed by atoms with van der Waals surface area (Å²) < 4.78 is 18.4. The minimum absolute atomic E-state index is 0.308. The predicted molar refractivity (Wildman–Crippen MR) is 82.3 cm³/mol. The molecule has 0 radical (unpaired) electrons. The molecule has 0 spiro atoms. The van der Waals surface area contributed by atoms with E-state index in [1.807, 2.05) is 14.0 Å². The normalized spacial score (nSPS) is 11.4. The highest BCUT2D eigenvalue weighted by Crippen LogP contribution is 2.27. The molecule has 20 heavy (non-hydrogen) atoms. The third-order valence-corrected chi connectivity index (χ3v) is 4.18. The standard InChI is InChI=1S/C13H12BrFN4S/c1-3-9-11-12(18(2)17-9)19(13(20)16-11)10-6-7(15)4-5-8(10)14/h4-6H,3H2,1-2H3,(H,16,20). The number of fused-ring (bicyclic) bond motifs is 1. The van der Waals surface area contributed by atoms with Gasteiger partial charge in [0.25, 0.3) is 0 Å². The van der Waals surface area contributed by atoms with Crippen LogP contribution >= 0.6 is 28.1 Å². The Balaban J connectivity index is 2.42. The molecule has 2 heterocycles. The van der Waals surface area contributed by atoms with Crippen LogP contribution in [0.2, 0.25) is 0 Å². The van der Waals surface area contributed by atoms with E-state index < -0.39 is 0 Å². The molecule has 1 aromatic carbocycles. The Kier molecular flexibility index (Phi) is 3.25. The number of aromatic nitrogens is 4. The van der Waals surface area contributed by atoms with Crippen molar-refractivity contribution in [2.24, 2.45) is 7.05 Å². The molecular formula is C13H12BrFN4S. The third kappa shape index (κ3) is 1.92. The summed E-state index contributed by atoms with van der Waals surface area (Å²) in [4.78, 5) is 3.16. The second-order valence-corrected chi connectivity index (χ2v) is 5.72. The van der Waals surface area contributed by atoms with E-state index in [4.69, 9.17) is 12.2 Å². The van der Waals surface area contributed by atoms with Crippen molar-refractivity contribution < 1.29 is 4.39 Å². The maximum absolute atomic E-state index is 13.5. The highest BCUT2D eigenvalue weighted by atomic mass is 79.9. The lowest BCUT2D eigenvalue weighted by Gasteiger charge is -2.07. The Morgan fingerprint density at radius 2 is 2.20 bits per heavy atom. The summed E-state index contributed by atoms with van der Waals surface area (Å²) in [6.07, 6.45) is 0.803. The van der Waals surface area contributed by atoms with Crippen LogP contribution in [0.1, 0.15) is 12.6 Å². The molecule has 0 saturated carbocycles. The molecule has 0 fully saturated rings. The quantitative estimate of drug-likeness (QED) is 0.709. The first-order valence-corrected chi connectivity index (χ1v) is 7.35. The summed E-state index contributed by atoms with van der Waals surface area (Å²) in [5.41, 5.74) is 3.33. The SMILES string of the molecule is CCc1nn(C)c2c1[nH]c(=S)n2-c1cc(F)ccc1Br. The lowest BCUT2D eigenvalue weighted by Crippen LogP contribution is -2.02. The first-order chi connectivity index (χ1) is 9.52. The van der Waals surface area contributed by atoms with Gasteiger partial charge in [0, 0.05) is 11.5 Å². The van der Waals surface area contributed by atoms with Crippen LogP contribution in [-0.4, -0.2) is 19.3 Å². The molecule has 0 atom stereocenters. The first kappa shape index (κ1) is 13.5. The van der Waals surface area contributed by atoms with Crippen molar-refractivity contribution in [2.75, 3.05) is 0 Å². The molecule has 3 aromatic rings. The number of H-pyrrole nitrogens is 1. The summed E-state index contributed by atoms with van der Waals surface area (Å²) in [5, 5.41) is 4.46. The van der Waals surface area contributed by atoms with Crippen molar-refractivity contribution in [2.45, 2.75) is 13.3 Å². The van der Waals surface area contributed by atoms with Gasteiger partial charge in [0.05, 0.1) is 11.4 Å². The maximum Gasteiger partial charge on any atom is 0.184 e. The van der Waals surface area contributed by atoms with Crippen molar-refractivity contribution in [1.29, 1.82) is 0 Å². The number of nitrogens with zero attached hydrogens (tertiary/aromatic N) is 3. The topological polar surface area (TPSA) is 38.5 Å². The van der Waals surface area contributed by atoms with Gasteiger partial charge < -0.3 is 4.98 Å². The van der Waals surface area contributed by atoms with Gasteiger partial charge in [-0.25, -0.2) is 9.07 Å². The van der Waals surface area contributed by atoms with E-state index in [-0.39, 0.29) is 5.82 Å². The summed E-state index contributed by atoms with van der Waals surface area (Å²) in [6, 6.07) is 4.52. The first-order valence-electron chi connectivity index (χ1n) is 6.15. The molecule has 0 aliphatic carbocycles. The number of halogens is 2. The smallest absolute Gasteiger partial charge is 0.184 e. The number of benzene rings is 1. The number of nitrogens with one attached hydrogen (secondary N) is 1. The number of hydrogen-bond donors (Lipinski definition) is 1. The molecule has 2 aromatic heterocycles. The van der Waals surface area contributed by atoms with Gasteiger partial charge in [-0.2, -0.15) is 5.10 Å². The number of rotatable bonds is 2. The van der Waals surface area contributed by atoms with Crippen molar-refractivity contribution in [3.63, 3.8) is 0 Å². The fraction of sp³-hybridized carbons (Fsp3) is 0.231. The molecule has 0 bridgehead atoms. The number of hydrogen-bond acceptors (Lipinski definition) is 2. The van der Waals surface area contributed by atoms with Crippen LogP contribution in [-0.2, 0) is 13.5 Å². The number of imidazole rings is 1. The van der Waals surface area contributed by atoms with E-state index in [0.29, 0.717) is 10.5 Å². The molecule has 4 nitrogen and oxygen atoms in total. The largest absolute Gasteiger partial charge is 0.327 e. The lowest BCUT2D eigenvalue weighted by atomic mass is 10.3. The Morgan fingerprint density at radius 3 is 2.90 bits per heavy atom. The lowest BCUT2D eigenvalue weighted by molar-refractivity contribution is 0.626. The van der Waals surface area contributed by atoms with Crippen LogP contribution < -0.4 is 0 Å². The van der Waals surface area contributed by atoms with Gasteiger partial charge in [-0.15, -0.1) is 0 Å². The zero-order valence-electron chi connectivity index (χ0n) is 10.9. The van der Waals surface area contributed by atoms with Gasteiger partial charge in [0.1, 0.15) is 11.3 Å². The second-order valence-electron chi connectivity index (χ2n) is 4.48. The van der Waals surface area contributed by atoms with Crippen LogP contribution in [0.25, 0.3) is 16.9 Å². The van der Waals surface area contributed by atoms with Gasteiger partial charge >= 0.3 is 0 Å². The molecule has 0 saturated heterocycles. The molecule has 104 valence electrons. The van der Waals surface area contributed by atoms with Gasteiger partial charge in [0.2, 0.25) is 0 Å². The zero-order valence-corrected chi connectivity index (χ0v) is 13.3. The van der Waals surface area contributed by atoms with Crippen molar-refractivity contribution in [3.05, 3.63) is 39.0 Å². The Labute approximate surface area is 128 Å². The summed E-state index contributed by atoms with van der Waals surface area (Å²) >= 11 is 8.82. The van der Waals surface area contributed by atoms with Gasteiger partial charge in [-0.3, -0.25) is 4.57 Å². The Hall–Kier alpha value is -1.47. The maximum atomic E-state index is 13.5. The molecule has 0 unspecified atom stereocenters. The summed E-state index contributed by atoms with van der Waals surface area (Å²) in [5.74, 6) is -0.308. The molecule has 0 aliphatic heterocycles. The van der Waals surface area contributed by atoms with E-state index in [1.165, 1.54) is 12.1 Å². The van der Waals surface area contributed by atoms with Crippen molar-refractivity contribution >= 4 is 39.3 Å². The second kappa shape index (κ2) is 4.82. The highest BCUT2D eigenvalue weighted by molar-refractivity contribution is 9.10. The average Bonchev–Trinajstić information content (AvgIpc) is 2.90. The Bertz CT molecular complexity index is 861. The van der Waals surface area contributed by atoms with E-state index >= 15 is 0 Å². The average molecular weight is 355 g/mol. The minimum atomic E-state index is -0.308. The summed E-state index contributed by atoms with van der Waals surface area (Å²) in [6.45, 7) is 2.04. The molecule has 1 N–H and O–H groups in total. The van der Waals surface area contributed by atoms with Crippen LogP contribution in [0.15, 0.2) is 22.7 Å². The number of aryl methyl sites for hydroxylation is 2. The van der Waals surface area contributed by atoms with Crippen LogP contribution in [0.4, 0.5) is 4.39 Å². The minimum Gasteiger partial charge on any atom is -0.327 e. The molecule has 7 heteroatoms. The van der Waals surface area contributed by atoms with Gasteiger partial charge in [-0.05, 0) is 52.8 Å². The fourth-order valence-corrected chi connectivity index (χ4v) is 3.05. The fourth-order valence-electron chi connectivity index (χ4n) is 2.34. The van der Waals surface area contributed by atoms with E-state index in [2.05, 4.69) is 26.0 Å². The van der Waals surface area contributed by atoms with Crippen molar-refractivity contribution in [1.82, 2.24) is 19.3 Å². The Morgan fingerprint density at radius 1 is 1.45 bits per heavy atom. The summed E-state index contributed by atoms with van der Waals surface area (Å²) in [7, 11) is 1.85. The van der Waals surface area contributed by atoms with Crippen LogP contribution in [0.5, 0.6) is 0 Å². The van der Waals surface area contributed by atoms with E-state index in [9.17, 15) is 4.39 Å². The van der Waals surface area contributed by atoms with Crippen LogP contribution in [0.3, 0.4) is 0 Å². The van der Waals surface area contributed by atoms with Crippen molar-refractivity contribution in [3.8, 4) is 5.69 Å². The predicted octanol–water partition coefficient (Wildman–Crippen LogP) is 3.89. The monoisotopic (exact) mass is 354 g/mol. The van der Waals surface area contributed by atoms with Gasteiger partial charge in [0.15, 0.2) is 10.4 Å². The molecular weight excluding hydrogens is 343 g/mol. The van der Waals surface area contributed by atoms with Gasteiger partial charge in [-0.1, -0.05) is 6.92 Å². The van der Waals surface area contributed by atoms with E-state index in [0.717, 1.165) is 27.8 Å².